The number of para-hydroxylation sites is 1. The van der Waals surface area contributed by atoms with Crippen LogP contribution in [0.5, 0.6) is 0 Å². The van der Waals surface area contributed by atoms with Gasteiger partial charge in [0.05, 0.1) is 11.6 Å². The van der Waals surface area contributed by atoms with Crippen molar-refractivity contribution in [2.75, 3.05) is 13.1 Å². The number of aromatic amines is 1. The molecular formula is C20H21N3O2. The fourth-order valence-electron chi connectivity index (χ4n) is 3.62. The van der Waals surface area contributed by atoms with E-state index in [9.17, 15) is 9.90 Å². The van der Waals surface area contributed by atoms with Gasteiger partial charge < -0.3 is 10.0 Å². The largest absolute Gasteiger partial charge is 0.388 e. The van der Waals surface area contributed by atoms with Gasteiger partial charge in [-0.3, -0.25) is 9.89 Å². The number of fused-ring (bicyclic) bond motifs is 1. The molecule has 2 heterocycles. The number of rotatable bonds is 3. The molecule has 0 saturated carbocycles. The topological polar surface area (TPSA) is 69.2 Å². The van der Waals surface area contributed by atoms with E-state index in [1.807, 2.05) is 59.5 Å². The molecule has 2 aromatic carbocycles. The number of hydrogen-bond acceptors (Lipinski definition) is 3. The number of benzene rings is 2. The molecule has 1 fully saturated rings. The first-order valence-electron chi connectivity index (χ1n) is 8.69. The predicted molar refractivity (Wildman–Crippen MR) is 96.1 cm³/mol. The Morgan fingerprint density at radius 2 is 1.76 bits per heavy atom. The number of amides is 1. The zero-order valence-corrected chi connectivity index (χ0v) is 13.9. The Balaban J connectivity index is 1.44. The zero-order chi connectivity index (χ0) is 17.2. The standard InChI is InChI=1S/C20H21N3O2/c24-19(14-6-2-1-3-7-14)15-10-12-23(13-11-15)20(25)18-16-8-4-5-9-17(16)21-22-18/h1-9,15,19,24H,10-13H2,(H,21,22). The van der Waals surface area contributed by atoms with E-state index in [1.165, 1.54) is 0 Å². The van der Waals surface area contributed by atoms with E-state index in [1.54, 1.807) is 0 Å². The smallest absolute Gasteiger partial charge is 0.274 e. The summed E-state index contributed by atoms with van der Waals surface area (Å²) in [7, 11) is 0. The Labute approximate surface area is 146 Å². The van der Waals surface area contributed by atoms with E-state index in [4.69, 9.17) is 0 Å². The normalized spacial score (nSPS) is 16.9. The van der Waals surface area contributed by atoms with Gasteiger partial charge >= 0.3 is 0 Å². The van der Waals surface area contributed by atoms with Crippen LogP contribution in [0.3, 0.4) is 0 Å². The number of carbonyl (C=O) groups excluding carboxylic acids is 1. The summed E-state index contributed by atoms with van der Waals surface area (Å²) in [5, 5.41) is 18.6. The molecule has 25 heavy (non-hydrogen) atoms. The molecule has 1 amide bonds. The van der Waals surface area contributed by atoms with Gasteiger partial charge in [0.25, 0.3) is 5.91 Å². The summed E-state index contributed by atoms with van der Waals surface area (Å²) >= 11 is 0. The molecule has 0 bridgehead atoms. The van der Waals surface area contributed by atoms with E-state index < -0.39 is 6.10 Å². The molecule has 128 valence electrons. The number of carbonyl (C=O) groups is 1. The van der Waals surface area contributed by atoms with Gasteiger partial charge in [0.1, 0.15) is 0 Å². The molecule has 0 radical (unpaired) electrons. The monoisotopic (exact) mass is 335 g/mol. The molecule has 5 heteroatoms. The number of nitrogens with zero attached hydrogens (tertiary/aromatic N) is 2. The van der Waals surface area contributed by atoms with Crippen LogP contribution in [0, 0.1) is 5.92 Å². The van der Waals surface area contributed by atoms with Gasteiger partial charge in [-0.25, -0.2) is 0 Å². The molecule has 3 aromatic rings. The van der Waals surface area contributed by atoms with Crippen LogP contribution >= 0.6 is 0 Å². The SMILES string of the molecule is O=C(c1n[nH]c2ccccc12)N1CCC(C(O)c2ccccc2)CC1. The maximum absolute atomic E-state index is 12.8. The minimum atomic E-state index is -0.468. The van der Waals surface area contributed by atoms with Crippen molar-refractivity contribution < 1.29 is 9.90 Å². The lowest BCUT2D eigenvalue weighted by atomic mass is 9.87. The molecule has 4 rings (SSSR count). The molecular weight excluding hydrogens is 314 g/mol. The van der Waals surface area contributed by atoms with E-state index in [0.29, 0.717) is 18.8 Å². The molecule has 2 N–H and O–H groups in total. The van der Waals surface area contributed by atoms with Crippen LogP contribution in [0.4, 0.5) is 0 Å². The zero-order valence-electron chi connectivity index (χ0n) is 13.9. The van der Waals surface area contributed by atoms with Crippen molar-refractivity contribution in [1.82, 2.24) is 15.1 Å². The van der Waals surface area contributed by atoms with Gasteiger partial charge in [0.2, 0.25) is 0 Å². The van der Waals surface area contributed by atoms with Crippen LogP contribution < -0.4 is 0 Å². The van der Waals surface area contributed by atoms with E-state index >= 15 is 0 Å². The maximum Gasteiger partial charge on any atom is 0.274 e. The Kier molecular flexibility index (Phi) is 4.24. The number of nitrogens with one attached hydrogen (secondary N) is 1. The summed E-state index contributed by atoms with van der Waals surface area (Å²) in [5.41, 5.74) is 2.31. The Morgan fingerprint density at radius 1 is 1.08 bits per heavy atom. The van der Waals surface area contributed by atoms with Gasteiger partial charge in [-0.2, -0.15) is 5.10 Å². The number of H-pyrrole nitrogens is 1. The Bertz CT molecular complexity index is 867. The maximum atomic E-state index is 12.8. The van der Waals surface area contributed by atoms with E-state index in [0.717, 1.165) is 29.3 Å². The molecule has 1 atom stereocenters. The molecule has 1 saturated heterocycles. The highest BCUT2D eigenvalue weighted by Gasteiger charge is 2.30. The number of aliphatic hydroxyl groups is 1. The van der Waals surface area contributed by atoms with Crippen molar-refractivity contribution in [2.45, 2.75) is 18.9 Å². The molecule has 1 aliphatic rings. The lowest BCUT2D eigenvalue weighted by Gasteiger charge is -2.34. The fourth-order valence-corrected chi connectivity index (χ4v) is 3.62. The number of aliphatic hydroxyl groups excluding tert-OH is 1. The van der Waals surface area contributed by atoms with Gasteiger partial charge in [-0.15, -0.1) is 0 Å². The first kappa shape index (κ1) is 15.8. The third-order valence-corrected chi connectivity index (χ3v) is 5.09. The van der Waals surface area contributed by atoms with Gasteiger partial charge in [0.15, 0.2) is 5.69 Å². The van der Waals surface area contributed by atoms with Gasteiger partial charge in [-0.05, 0) is 30.4 Å². The highest BCUT2D eigenvalue weighted by molar-refractivity contribution is 6.04. The van der Waals surface area contributed by atoms with E-state index in [-0.39, 0.29) is 11.8 Å². The fraction of sp³-hybridized carbons (Fsp3) is 0.300. The van der Waals surface area contributed by atoms with Gasteiger partial charge in [0, 0.05) is 18.5 Å². The highest BCUT2D eigenvalue weighted by Crippen LogP contribution is 2.31. The third kappa shape index (κ3) is 3.03. The summed E-state index contributed by atoms with van der Waals surface area (Å²) in [6, 6.07) is 17.4. The third-order valence-electron chi connectivity index (χ3n) is 5.09. The second kappa shape index (κ2) is 6.69. The summed E-state index contributed by atoms with van der Waals surface area (Å²) in [4.78, 5) is 14.6. The van der Waals surface area contributed by atoms with Crippen LogP contribution in [0.25, 0.3) is 10.9 Å². The quantitative estimate of drug-likeness (QED) is 0.772. The van der Waals surface area contributed by atoms with Crippen LogP contribution in [0.1, 0.15) is 35.0 Å². The number of hydrogen-bond donors (Lipinski definition) is 2. The predicted octanol–water partition coefficient (Wildman–Crippen LogP) is 3.15. The minimum Gasteiger partial charge on any atom is -0.388 e. The summed E-state index contributed by atoms with van der Waals surface area (Å²) < 4.78 is 0. The average Bonchev–Trinajstić information content (AvgIpc) is 3.12. The number of piperidine rings is 1. The minimum absolute atomic E-state index is 0.0369. The van der Waals surface area contributed by atoms with Crippen molar-refractivity contribution in [3.05, 3.63) is 65.9 Å². The second-order valence-electron chi connectivity index (χ2n) is 6.60. The molecule has 0 spiro atoms. The Hall–Kier alpha value is -2.66. The second-order valence-corrected chi connectivity index (χ2v) is 6.60. The van der Waals surface area contributed by atoms with Crippen molar-refractivity contribution in [3.8, 4) is 0 Å². The van der Waals surface area contributed by atoms with Crippen molar-refractivity contribution in [3.63, 3.8) is 0 Å². The van der Waals surface area contributed by atoms with Crippen LogP contribution in [-0.4, -0.2) is 39.2 Å². The number of likely N-dealkylation sites (tertiary alicyclic amines) is 1. The number of aromatic nitrogens is 2. The first-order chi connectivity index (χ1) is 12.2. The molecule has 0 aliphatic carbocycles. The summed E-state index contributed by atoms with van der Waals surface area (Å²) in [5.74, 6) is 0.146. The van der Waals surface area contributed by atoms with Crippen LogP contribution in [0.15, 0.2) is 54.6 Å². The van der Waals surface area contributed by atoms with Crippen molar-refractivity contribution >= 4 is 16.8 Å². The van der Waals surface area contributed by atoms with Gasteiger partial charge in [-0.1, -0.05) is 48.5 Å². The van der Waals surface area contributed by atoms with Crippen LogP contribution in [0.2, 0.25) is 0 Å². The van der Waals surface area contributed by atoms with Crippen molar-refractivity contribution in [2.24, 2.45) is 5.92 Å². The van der Waals surface area contributed by atoms with Crippen molar-refractivity contribution in [1.29, 1.82) is 0 Å². The van der Waals surface area contributed by atoms with Crippen LogP contribution in [-0.2, 0) is 0 Å². The molecule has 1 unspecified atom stereocenters. The average molecular weight is 335 g/mol. The first-order valence-corrected chi connectivity index (χ1v) is 8.69. The molecule has 1 aromatic heterocycles. The molecule has 5 nitrogen and oxygen atoms in total. The highest BCUT2D eigenvalue weighted by atomic mass is 16.3. The Morgan fingerprint density at radius 3 is 2.52 bits per heavy atom. The summed E-state index contributed by atoms with van der Waals surface area (Å²) in [6.07, 6.45) is 1.12. The van der Waals surface area contributed by atoms with E-state index in [2.05, 4.69) is 10.2 Å². The summed E-state index contributed by atoms with van der Waals surface area (Å²) in [6.45, 7) is 1.29. The molecule has 1 aliphatic heterocycles. The lowest BCUT2D eigenvalue weighted by Crippen LogP contribution is -2.40. The lowest BCUT2D eigenvalue weighted by molar-refractivity contribution is 0.0460.